The van der Waals surface area contributed by atoms with E-state index in [9.17, 15) is 5.11 Å². The molecule has 2 nitrogen and oxygen atoms in total. The minimum absolute atomic E-state index is 0.0257. The monoisotopic (exact) mass is 269 g/mol. The number of aliphatic hydroxyl groups excluding tert-OH is 1. The zero-order valence-corrected chi connectivity index (χ0v) is 11.2. The highest BCUT2D eigenvalue weighted by Gasteiger charge is 2.12. The number of halogens is 2. The molecule has 2 aromatic rings. The molecule has 0 atom stereocenters. The molecule has 2 rings (SSSR count). The van der Waals surface area contributed by atoms with Crippen LogP contribution in [0.1, 0.15) is 17.0 Å². The average molecular weight is 270 g/mol. The lowest BCUT2D eigenvalue weighted by atomic mass is 10.2. The van der Waals surface area contributed by atoms with Gasteiger partial charge in [-0.1, -0.05) is 23.2 Å². The number of benzene rings is 1. The van der Waals surface area contributed by atoms with Crippen LogP contribution in [0.3, 0.4) is 0 Å². The maximum absolute atomic E-state index is 9.25. The summed E-state index contributed by atoms with van der Waals surface area (Å²) < 4.78 is 2.00. The molecule has 0 amide bonds. The van der Waals surface area contributed by atoms with Crippen molar-refractivity contribution >= 4 is 23.2 Å². The number of hydrogen-bond acceptors (Lipinski definition) is 1. The van der Waals surface area contributed by atoms with Crippen LogP contribution in [0.15, 0.2) is 24.3 Å². The third kappa shape index (κ3) is 2.21. The highest BCUT2D eigenvalue weighted by molar-refractivity contribution is 6.34. The van der Waals surface area contributed by atoms with Crippen LogP contribution in [0.4, 0.5) is 0 Å². The molecule has 0 saturated heterocycles. The third-order valence-corrected chi connectivity index (χ3v) is 3.41. The summed E-state index contributed by atoms with van der Waals surface area (Å²) in [5, 5.41) is 10.5. The van der Waals surface area contributed by atoms with Crippen LogP contribution in [0.2, 0.25) is 10.0 Å². The Balaban J connectivity index is 2.68. The van der Waals surface area contributed by atoms with Crippen LogP contribution in [0.25, 0.3) is 5.69 Å². The Labute approximate surface area is 110 Å². The molecule has 0 spiro atoms. The van der Waals surface area contributed by atoms with Crippen molar-refractivity contribution in [2.75, 3.05) is 0 Å². The quantitative estimate of drug-likeness (QED) is 0.879. The zero-order valence-electron chi connectivity index (χ0n) is 9.67. The minimum atomic E-state index is 0.0257. The van der Waals surface area contributed by atoms with Crippen molar-refractivity contribution in [2.24, 2.45) is 0 Å². The molecule has 4 heteroatoms. The number of aliphatic hydroxyl groups is 1. The molecule has 1 aromatic carbocycles. The molecule has 1 aromatic heterocycles. The smallest absolute Gasteiger partial charge is 0.0699 e. The first-order valence-electron chi connectivity index (χ1n) is 5.28. The van der Waals surface area contributed by atoms with Gasteiger partial charge in [-0.3, -0.25) is 0 Å². The standard InChI is InChI=1S/C13H13Cl2NO/c1-8-5-10(7-17)9(2)16(8)13-6-11(14)3-4-12(13)15/h3-6,17H,7H2,1-2H3. The fourth-order valence-corrected chi connectivity index (χ4v) is 2.39. The molecular formula is C13H13Cl2NO. The molecule has 0 unspecified atom stereocenters. The molecule has 0 aliphatic carbocycles. The second-order valence-corrected chi connectivity index (χ2v) is 4.83. The number of hydrogen-bond donors (Lipinski definition) is 1. The number of rotatable bonds is 2. The molecule has 1 N–H and O–H groups in total. The maximum Gasteiger partial charge on any atom is 0.0699 e. The Bertz CT molecular complexity index is 561. The number of nitrogens with zero attached hydrogens (tertiary/aromatic N) is 1. The van der Waals surface area contributed by atoms with E-state index in [-0.39, 0.29) is 6.61 Å². The van der Waals surface area contributed by atoms with Gasteiger partial charge in [0.25, 0.3) is 0 Å². The van der Waals surface area contributed by atoms with Crippen molar-refractivity contribution in [3.63, 3.8) is 0 Å². The zero-order chi connectivity index (χ0) is 12.6. The largest absolute Gasteiger partial charge is 0.392 e. The van der Waals surface area contributed by atoms with E-state index in [1.807, 2.05) is 30.5 Å². The van der Waals surface area contributed by atoms with E-state index in [0.717, 1.165) is 22.6 Å². The lowest BCUT2D eigenvalue weighted by molar-refractivity contribution is 0.281. The average Bonchev–Trinajstić information content (AvgIpc) is 2.58. The molecule has 0 aliphatic rings. The van der Waals surface area contributed by atoms with Gasteiger partial charge in [0.2, 0.25) is 0 Å². The summed E-state index contributed by atoms with van der Waals surface area (Å²) >= 11 is 12.2. The number of aromatic nitrogens is 1. The van der Waals surface area contributed by atoms with Crippen LogP contribution in [-0.2, 0) is 6.61 Å². The van der Waals surface area contributed by atoms with E-state index < -0.39 is 0 Å². The lowest BCUT2D eigenvalue weighted by Crippen LogP contribution is -2.00. The summed E-state index contributed by atoms with van der Waals surface area (Å²) in [6.07, 6.45) is 0. The summed E-state index contributed by atoms with van der Waals surface area (Å²) in [4.78, 5) is 0. The summed E-state index contributed by atoms with van der Waals surface area (Å²) in [5.74, 6) is 0. The Morgan fingerprint density at radius 2 is 1.88 bits per heavy atom. The molecule has 0 fully saturated rings. The molecule has 17 heavy (non-hydrogen) atoms. The van der Waals surface area contributed by atoms with Crippen molar-refractivity contribution in [3.05, 3.63) is 51.3 Å². The fraction of sp³-hybridized carbons (Fsp3) is 0.231. The molecule has 0 bridgehead atoms. The first-order valence-corrected chi connectivity index (χ1v) is 6.04. The van der Waals surface area contributed by atoms with Crippen LogP contribution >= 0.6 is 23.2 Å². The molecular weight excluding hydrogens is 257 g/mol. The van der Waals surface area contributed by atoms with Gasteiger partial charge < -0.3 is 9.67 Å². The predicted octanol–water partition coefficient (Wildman–Crippen LogP) is 3.89. The second kappa shape index (κ2) is 4.73. The topological polar surface area (TPSA) is 25.2 Å². The van der Waals surface area contributed by atoms with Crippen molar-refractivity contribution in [2.45, 2.75) is 20.5 Å². The Morgan fingerprint density at radius 1 is 1.18 bits per heavy atom. The van der Waals surface area contributed by atoms with Gasteiger partial charge in [-0.05, 0) is 43.7 Å². The summed E-state index contributed by atoms with van der Waals surface area (Å²) in [7, 11) is 0. The van der Waals surface area contributed by atoms with Gasteiger partial charge >= 0.3 is 0 Å². The third-order valence-electron chi connectivity index (χ3n) is 2.86. The van der Waals surface area contributed by atoms with Crippen molar-refractivity contribution in [3.8, 4) is 5.69 Å². The van der Waals surface area contributed by atoms with Crippen LogP contribution < -0.4 is 0 Å². The fourth-order valence-electron chi connectivity index (χ4n) is 2.02. The van der Waals surface area contributed by atoms with Crippen LogP contribution in [0, 0.1) is 13.8 Å². The Hall–Kier alpha value is -0.960. The SMILES string of the molecule is Cc1cc(CO)c(C)n1-c1cc(Cl)ccc1Cl. The van der Waals surface area contributed by atoms with E-state index >= 15 is 0 Å². The maximum atomic E-state index is 9.25. The summed E-state index contributed by atoms with van der Waals surface area (Å²) in [6.45, 7) is 3.96. The van der Waals surface area contributed by atoms with Crippen LogP contribution in [0.5, 0.6) is 0 Å². The number of aryl methyl sites for hydroxylation is 1. The van der Waals surface area contributed by atoms with E-state index in [0.29, 0.717) is 10.0 Å². The van der Waals surface area contributed by atoms with Crippen LogP contribution in [-0.4, -0.2) is 9.67 Å². The van der Waals surface area contributed by atoms with Crippen molar-refractivity contribution in [1.29, 1.82) is 0 Å². The highest BCUT2D eigenvalue weighted by Crippen LogP contribution is 2.28. The summed E-state index contributed by atoms with van der Waals surface area (Å²) in [6, 6.07) is 7.31. The predicted molar refractivity (Wildman–Crippen MR) is 71.2 cm³/mol. The normalized spacial score (nSPS) is 10.9. The Morgan fingerprint density at radius 3 is 2.47 bits per heavy atom. The van der Waals surface area contributed by atoms with E-state index in [1.165, 1.54) is 0 Å². The van der Waals surface area contributed by atoms with Crippen molar-refractivity contribution < 1.29 is 5.11 Å². The second-order valence-electron chi connectivity index (χ2n) is 3.99. The van der Waals surface area contributed by atoms with Gasteiger partial charge in [-0.2, -0.15) is 0 Å². The molecule has 1 heterocycles. The first-order chi connectivity index (χ1) is 8.04. The molecule has 0 aliphatic heterocycles. The first kappa shape index (κ1) is 12.5. The van der Waals surface area contributed by atoms with Gasteiger partial charge in [0.15, 0.2) is 0 Å². The summed E-state index contributed by atoms with van der Waals surface area (Å²) in [5.41, 5.74) is 3.75. The molecule has 0 radical (unpaired) electrons. The van der Waals surface area contributed by atoms with E-state index in [2.05, 4.69) is 0 Å². The van der Waals surface area contributed by atoms with Gasteiger partial charge in [0, 0.05) is 16.4 Å². The van der Waals surface area contributed by atoms with E-state index in [1.54, 1.807) is 12.1 Å². The van der Waals surface area contributed by atoms with Crippen molar-refractivity contribution in [1.82, 2.24) is 4.57 Å². The lowest BCUT2D eigenvalue weighted by Gasteiger charge is -2.12. The van der Waals surface area contributed by atoms with Gasteiger partial charge in [-0.15, -0.1) is 0 Å². The van der Waals surface area contributed by atoms with Gasteiger partial charge in [-0.25, -0.2) is 0 Å². The minimum Gasteiger partial charge on any atom is -0.392 e. The van der Waals surface area contributed by atoms with E-state index in [4.69, 9.17) is 23.2 Å². The van der Waals surface area contributed by atoms with Gasteiger partial charge in [0.1, 0.15) is 0 Å². The van der Waals surface area contributed by atoms with Gasteiger partial charge in [0.05, 0.1) is 17.3 Å². The molecule has 90 valence electrons. The Kier molecular flexibility index (Phi) is 3.48. The highest BCUT2D eigenvalue weighted by atomic mass is 35.5. The molecule has 0 saturated carbocycles.